The van der Waals surface area contributed by atoms with Crippen LogP contribution in [-0.4, -0.2) is 114 Å². The highest BCUT2D eigenvalue weighted by molar-refractivity contribution is 7.61. The summed E-state index contributed by atoms with van der Waals surface area (Å²) in [5.74, 6) is -4.48. The first kappa shape index (κ1) is 61.1. The summed E-state index contributed by atoms with van der Waals surface area (Å²) in [5, 5.41) is 45.6. The van der Waals surface area contributed by atoms with E-state index in [1.54, 1.807) is 12.2 Å². The molecule has 21 nitrogen and oxygen atoms in total. The number of carbonyl (C=O) groups is 3. The van der Waals surface area contributed by atoms with E-state index in [4.69, 9.17) is 29.0 Å². The van der Waals surface area contributed by atoms with Crippen LogP contribution in [0, 0.1) is 17.8 Å². The molecule has 23 heteroatoms. The quantitative estimate of drug-likeness (QED) is 0.0308. The number of fused-ring (bicyclic) bond motifs is 3. The Morgan fingerprint density at radius 3 is 2.21 bits per heavy atom. The number of hydrogen-bond acceptors (Lipinski definition) is 18. The smallest absolute Gasteiger partial charge is 0.462 e. The Morgan fingerprint density at radius 1 is 0.914 bits per heavy atom. The van der Waals surface area contributed by atoms with E-state index in [0.29, 0.717) is 19.3 Å². The summed E-state index contributed by atoms with van der Waals surface area (Å²) >= 11 is 0. The van der Waals surface area contributed by atoms with Crippen molar-refractivity contribution in [3.8, 4) is 0 Å². The maximum atomic E-state index is 13.9. The van der Waals surface area contributed by atoms with Gasteiger partial charge in [0.25, 0.3) is 0 Å². The lowest BCUT2D eigenvalue weighted by Crippen LogP contribution is -2.51. The molecule has 2 bridgehead atoms. The molecule has 70 heavy (non-hydrogen) atoms. The molecule has 400 valence electrons. The number of carbonyl (C=O) groups excluding carboxylic acids is 3. The van der Waals surface area contributed by atoms with Crippen LogP contribution in [0.3, 0.4) is 0 Å². The van der Waals surface area contributed by atoms with Gasteiger partial charge in [0.1, 0.15) is 36.6 Å². The number of esters is 2. The number of phosphoric acid groups is 2. The second-order valence-electron chi connectivity index (χ2n) is 18.6. The highest BCUT2D eigenvalue weighted by Crippen LogP contribution is 2.60. The molecule has 1 aromatic rings. The van der Waals surface area contributed by atoms with Crippen molar-refractivity contribution < 1.29 is 81.3 Å². The molecule has 1 fully saturated rings. The second-order valence-corrected chi connectivity index (χ2v) is 21.6. The van der Waals surface area contributed by atoms with E-state index in [9.17, 15) is 58.5 Å². The number of aliphatic hydroxyl groups is 4. The number of unbranched alkanes of at least 4 members (excludes halogenated alkanes) is 10. The number of hydrogen-bond donors (Lipinski definition) is 7. The highest BCUT2D eigenvalue weighted by atomic mass is 31.3. The van der Waals surface area contributed by atoms with Crippen molar-refractivity contribution in [2.24, 2.45) is 17.8 Å². The topological polar surface area (TPSA) is 323 Å². The van der Waals surface area contributed by atoms with Gasteiger partial charge in [0.05, 0.1) is 37.4 Å². The van der Waals surface area contributed by atoms with Crippen molar-refractivity contribution in [1.29, 1.82) is 0 Å². The Kier molecular flexibility index (Phi) is 28.0. The van der Waals surface area contributed by atoms with Crippen LogP contribution in [0.15, 0.2) is 41.4 Å². The number of ketones is 1. The van der Waals surface area contributed by atoms with Crippen molar-refractivity contribution >= 4 is 39.2 Å². The predicted molar refractivity (Wildman–Crippen MR) is 257 cm³/mol. The Labute approximate surface area is 411 Å². The molecule has 0 aliphatic carbocycles. The lowest BCUT2D eigenvalue weighted by Gasteiger charge is -2.39. The largest absolute Gasteiger partial charge is 0.481 e. The summed E-state index contributed by atoms with van der Waals surface area (Å²) < 4.78 is 58.7. The van der Waals surface area contributed by atoms with Gasteiger partial charge < -0.3 is 50.2 Å². The van der Waals surface area contributed by atoms with E-state index in [0.717, 1.165) is 55.2 Å². The predicted octanol–water partition coefficient (Wildman–Crippen LogP) is 6.28. The number of anilines is 1. The molecule has 11 atom stereocenters. The second kappa shape index (κ2) is 32.1. The molecule has 3 rings (SSSR count). The van der Waals surface area contributed by atoms with Crippen LogP contribution in [0.25, 0.3) is 0 Å². The van der Waals surface area contributed by atoms with Crippen LogP contribution in [0.1, 0.15) is 155 Å². The molecule has 2 aliphatic heterocycles. The molecule has 0 saturated carbocycles. The van der Waals surface area contributed by atoms with Crippen LogP contribution < -0.4 is 11.4 Å². The fraction of sp³-hybridized carbons (Fsp3) is 0.766. The number of aliphatic hydroxyl groups excluding tert-OH is 4. The van der Waals surface area contributed by atoms with Gasteiger partial charge in [-0.2, -0.15) is 9.29 Å². The van der Waals surface area contributed by atoms with E-state index < -0.39 is 120 Å². The molecular formula is C47H79N3O18P2. The zero-order valence-corrected chi connectivity index (χ0v) is 42.7. The normalized spacial score (nSPS) is 29.7. The first-order valence-electron chi connectivity index (χ1n) is 24.8. The highest BCUT2D eigenvalue weighted by Gasteiger charge is 2.45. The lowest BCUT2D eigenvalue weighted by molar-refractivity contribution is -0.186. The number of nitrogen functional groups attached to an aromatic ring is 1. The van der Waals surface area contributed by atoms with Crippen molar-refractivity contribution in [3.05, 3.63) is 47.1 Å². The molecule has 2 aliphatic rings. The molecule has 0 aromatic carbocycles. The number of nitrogens with zero attached hydrogens (tertiary/aromatic N) is 2. The zero-order valence-electron chi connectivity index (χ0n) is 40.9. The minimum absolute atomic E-state index is 0.0777. The number of nitrogens with two attached hydrogens (primary N) is 1. The summed E-state index contributed by atoms with van der Waals surface area (Å²) in [4.78, 5) is 77.8. The van der Waals surface area contributed by atoms with Gasteiger partial charge in [-0.1, -0.05) is 122 Å². The molecule has 1 saturated heterocycles. The summed E-state index contributed by atoms with van der Waals surface area (Å²) in [5.41, 5.74) is 4.74. The van der Waals surface area contributed by atoms with Gasteiger partial charge in [-0.25, -0.2) is 13.9 Å². The number of allylic oxidation sites excluding steroid dienone is 2. The van der Waals surface area contributed by atoms with Crippen LogP contribution in [0.5, 0.6) is 0 Å². The summed E-state index contributed by atoms with van der Waals surface area (Å²) in [6.07, 6.45) is 7.74. The molecule has 0 spiro atoms. The maximum Gasteiger partial charge on any atom is 0.481 e. The van der Waals surface area contributed by atoms with Gasteiger partial charge in [-0.3, -0.25) is 28.0 Å². The number of cyclic esters (lactones) is 1. The number of rotatable bonds is 21. The van der Waals surface area contributed by atoms with E-state index in [1.165, 1.54) is 50.3 Å². The SMILES string of the molecule is CCCCC[C@H](O)C=C[C@H]1C(=O)C[C@H](O)[C@@H]2CC=CCCCC(=O)O[C@H](COC(=O)CCCCCCCCCCCC(C)C)COP(=O)(O)OP(=O)(O)OC[C@@H](O[C@H]2n2ccc(N)nc2=O)[C@@H](O)[C@H]1O. The number of ether oxygens (including phenoxy) is 3. The van der Waals surface area contributed by atoms with Crippen LogP contribution >= 0.6 is 15.6 Å². The van der Waals surface area contributed by atoms with Crippen molar-refractivity contribution in [3.63, 3.8) is 0 Å². The van der Waals surface area contributed by atoms with Gasteiger partial charge in [0.2, 0.25) is 0 Å². The fourth-order valence-electron chi connectivity index (χ4n) is 8.07. The van der Waals surface area contributed by atoms with Crippen molar-refractivity contribution in [2.45, 2.75) is 192 Å². The minimum Gasteiger partial charge on any atom is -0.462 e. The number of aromatic nitrogens is 2. The van der Waals surface area contributed by atoms with Crippen LogP contribution in [-0.2, 0) is 51.1 Å². The Morgan fingerprint density at radius 2 is 1.56 bits per heavy atom. The maximum absolute atomic E-state index is 13.9. The third-order valence-electron chi connectivity index (χ3n) is 12.1. The Hall–Kier alpha value is -3.17. The zero-order chi connectivity index (χ0) is 51.7. The third-order valence-corrected chi connectivity index (χ3v) is 14.7. The molecule has 0 radical (unpaired) electrons. The fourth-order valence-corrected chi connectivity index (χ4v) is 10.2. The Bertz CT molecular complexity index is 1950. The number of Topliss-reactive ketones (excluding diaryl/α,β-unsaturated/α-hetero) is 1. The van der Waals surface area contributed by atoms with Gasteiger partial charge in [0.15, 0.2) is 6.10 Å². The van der Waals surface area contributed by atoms with Crippen molar-refractivity contribution in [2.75, 3.05) is 25.6 Å². The van der Waals surface area contributed by atoms with E-state index >= 15 is 0 Å². The summed E-state index contributed by atoms with van der Waals surface area (Å²) in [6, 6.07) is 1.23. The summed E-state index contributed by atoms with van der Waals surface area (Å²) in [6.45, 7) is 3.69. The third kappa shape index (κ3) is 23.6. The average Bonchev–Trinajstić information content (AvgIpc) is 3.28. The number of phosphoric ester groups is 2. The molecule has 3 heterocycles. The molecule has 2 unspecified atom stereocenters. The van der Waals surface area contributed by atoms with Gasteiger partial charge in [-0.05, 0) is 44.1 Å². The first-order chi connectivity index (χ1) is 33.2. The van der Waals surface area contributed by atoms with Crippen LogP contribution in [0.4, 0.5) is 5.82 Å². The van der Waals surface area contributed by atoms with Gasteiger partial charge >= 0.3 is 33.3 Å². The van der Waals surface area contributed by atoms with Gasteiger partial charge in [0, 0.05) is 31.4 Å². The lowest BCUT2D eigenvalue weighted by atomic mass is 9.83. The first-order valence-corrected chi connectivity index (χ1v) is 27.8. The van der Waals surface area contributed by atoms with E-state index in [-0.39, 0.29) is 37.9 Å². The van der Waals surface area contributed by atoms with Crippen molar-refractivity contribution in [1.82, 2.24) is 9.55 Å². The van der Waals surface area contributed by atoms with Gasteiger partial charge in [-0.15, -0.1) is 0 Å². The monoisotopic (exact) mass is 1040 g/mol. The minimum atomic E-state index is -5.72. The average molecular weight is 1040 g/mol. The summed E-state index contributed by atoms with van der Waals surface area (Å²) in [7, 11) is -11.3. The van der Waals surface area contributed by atoms with Crippen LogP contribution in [0.2, 0.25) is 0 Å². The van der Waals surface area contributed by atoms with E-state index in [2.05, 4.69) is 23.1 Å². The Balaban J connectivity index is 1.84. The molecule has 0 amide bonds. The standard InChI is InChI=1S/C47H79N3O18P2/c1-4-5-15-21-34(51)25-26-36-38(52)29-39(53)37-22-17-13-14-19-24-43(55)66-35(30-63-42(54)23-18-12-10-8-6-7-9-11-16-20-33(2)3)31-64-69(59,60)68-70(61,62)65-32-40(45(57)44(36)56)67-46(37)50-28-27-41(48)49-47(50)58/h13,17,25-28,33-37,39-40,44-46,51,53,56-57H,4-12,14-16,18-24,29-32H2,1-3H3,(H,59,60)(H,61,62)(H2,48,49,58)/t34-,35+,36-,37-,39-,40+,44-,45+,46+/m0/s1. The van der Waals surface area contributed by atoms with E-state index in [1.807, 2.05) is 6.92 Å². The molecular weight excluding hydrogens is 956 g/mol. The molecule has 1 aromatic heterocycles. The molecule has 8 N–H and O–H groups in total.